The minimum atomic E-state index is -0.943. The van der Waals surface area contributed by atoms with Gasteiger partial charge in [0.1, 0.15) is 18.4 Å². The van der Waals surface area contributed by atoms with Gasteiger partial charge in [0.25, 0.3) is 0 Å². The number of benzene rings is 1. The zero-order valence-electron chi connectivity index (χ0n) is 12.8. The van der Waals surface area contributed by atoms with E-state index in [1.807, 2.05) is 24.3 Å². The summed E-state index contributed by atoms with van der Waals surface area (Å²) in [5.41, 5.74) is 2.45. The fourth-order valence-corrected chi connectivity index (χ4v) is 2.45. The van der Waals surface area contributed by atoms with Crippen LogP contribution in [-0.2, 0) is 9.53 Å². The lowest BCUT2D eigenvalue weighted by molar-refractivity contribution is -0.135. The van der Waals surface area contributed by atoms with E-state index in [-0.39, 0.29) is 12.6 Å². The molecule has 1 unspecified atom stereocenters. The van der Waals surface area contributed by atoms with E-state index in [4.69, 9.17) is 14.6 Å². The molecule has 1 N–H and O–H groups in total. The maximum absolute atomic E-state index is 10.7. The number of carboxylic acid groups (broad SMARTS) is 1. The Kier molecular flexibility index (Phi) is 5.66. The number of rotatable bonds is 5. The minimum absolute atomic E-state index is 0.231. The summed E-state index contributed by atoms with van der Waals surface area (Å²) in [5, 5.41) is 8.76. The highest BCUT2D eigenvalue weighted by Gasteiger charge is 2.26. The maximum Gasteiger partial charge on any atom is 0.325 e. The summed E-state index contributed by atoms with van der Waals surface area (Å²) in [6, 6.07) is 7.45. The van der Waals surface area contributed by atoms with Gasteiger partial charge in [-0.15, -0.1) is 0 Å². The van der Waals surface area contributed by atoms with Gasteiger partial charge < -0.3 is 14.6 Å². The van der Waals surface area contributed by atoms with E-state index in [1.54, 1.807) is 14.2 Å². The molecule has 1 aromatic rings. The predicted octanol–water partition coefficient (Wildman–Crippen LogP) is 2.49. The molecule has 0 spiro atoms. The lowest BCUT2D eigenvalue weighted by Crippen LogP contribution is -2.36. The van der Waals surface area contributed by atoms with Crippen molar-refractivity contribution in [3.63, 3.8) is 0 Å². The van der Waals surface area contributed by atoms with Crippen molar-refractivity contribution in [1.29, 1.82) is 0 Å². The van der Waals surface area contributed by atoms with Crippen LogP contribution in [0.3, 0.4) is 0 Å². The molecule has 6 heteroatoms. The summed E-state index contributed by atoms with van der Waals surface area (Å²) in [4.78, 5) is 19.5. The monoisotopic (exact) mass is 304 g/mol. The molecule has 1 aliphatic rings. The molecule has 2 rings (SSSR count). The molecule has 6 nitrogen and oxygen atoms in total. The minimum Gasteiger partial charge on any atom is -0.497 e. The van der Waals surface area contributed by atoms with E-state index in [0.717, 1.165) is 42.1 Å². The summed E-state index contributed by atoms with van der Waals surface area (Å²) in [5.74, 6) is -0.166. The lowest BCUT2D eigenvalue weighted by Gasteiger charge is -2.25. The molecule has 1 aromatic carbocycles. The Balaban J connectivity index is 2.21. The summed E-state index contributed by atoms with van der Waals surface area (Å²) in [6.45, 7) is -0.231. The highest BCUT2D eigenvalue weighted by atomic mass is 16.5. The van der Waals surface area contributed by atoms with Gasteiger partial charge in [0.05, 0.1) is 18.5 Å². The zero-order chi connectivity index (χ0) is 15.9. The third kappa shape index (κ3) is 4.14. The van der Waals surface area contributed by atoms with E-state index in [2.05, 4.69) is 9.98 Å². The quantitative estimate of drug-likeness (QED) is 0.906. The van der Waals surface area contributed by atoms with Crippen LogP contribution in [-0.4, -0.2) is 49.4 Å². The second kappa shape index (κ2) is 7.70. The first-order valence-electron chi connectivity index (χ1n) is 7.13. The van der Waals surface area contributed by atoms with E-state index in [1.165, 1.54) is 0 Å². The molecule has 1 fully saturated rings. The van der Waals surface area contributed by atoms with E-state index in [0.29, 0.717) is 0 Å². The number of ether oxygens (including phenoxy) is 2. The van der Waals surface area contributed by atoms with Gasteiger partial charge in [-0.3, -0.25) is 14.8 Å². The van der Waals surface area contributed by atoms with Gasteiger partial charge in [0, 0.05) is 12.8 Å². The summed E-state index contributed by atoms with van der Waals surface area (Å²) >= 11 is 0. The van der Waals surface area contributed by atoms with E-state index >= 15 is 0 Å². The van der Waals surface area contributed by atoms with Gasteiger partial charge in [0.2, 0.25) is 0 Å². The summed E-state index contributed by atoms with van der Waals surface area (Å²) < 4.78 is 10.6. The van der Waals surface area contributed by atoms with Crippen LogP contribution in [0.15, 0.2) is 34.3 Å². The Morgan fingerprint density at radius 3 is 2.50 bits per heavy atom. The van der Waals surface area contributed by atoms with Gasteiger partial charge in [0.15, 0.2) is 0 Å². The molecule has 1 aliphatic carbocycles. The van der Waals surface area contributed by atoms with Gasteiger partial charge in [-0.2, -0.15) is 0 Å². The van der Waals surface area contributed by atoms with Crippen molar-refractivity contribution < 1.29 is 19.4 Å². The third-order valence-corrected chi connectivity index (χ3v) is 3.47. The van der Waals surface area contributed by atoms with Crippen LogP contribution in [0.1, 0.15) is 19.3 Å². The van der Waals surface area contributed by atoms with Crippen molar-refractivity contribution in [2.24, 2.45) is 9.98 Å². The smallest absolute Gasteiger partial charge is 0.325 e. The van der Waals surface area contributed by atoms with Crippen molar-refractivity contribution >= 4 is 23.1 Å². The second-order valence-electron chi connectivity index (χ2n) is 4.97. The molecule has 0 aliphatic heterocycles. The Bertz CT molecular complexity index is 578. The first-order valence-corrected chi connectivity index (χ1v) is 7.13. The number of hydrogen-bond acceptors (Lipinski definition) is 5. The van der Waals surface area contributed by atoms with Crippen molar-refractivity contribution in [2.45, 2.75) is 25.4 Å². The lowest BCUT2D eigenvalue weighted by atomic mass is 9.93. The Morgan fingerprint density at radius 2 is 1.91 bits per heavy atom. The first-order chi connectivity index (χ1) is 10.6. The van der Waals surface area contributed by atoms with Crippen LogP contribution in [0.4, 0.5) is 5.69 Å². The standard InChI is InChI=1S/C16H20N2O4/c1-21-12-8-6-11(7-9-12)18-14-5-3-4-13(16(14)22-2)17-10-15(19)20/h6-9,16H,3-5,10H2,1-2H3,(H,19,20). The Hall–Kier alpha value is -2.21. The zero-order valence-corrected chi connectivity index (χ0v) is 12.8. The molecule has 1 saturated carbocycles. The first kappa shape index (κ1) is 16.2. The van der Waals surface area contributed by atoms with Gasteiger partial charge in [-0.05, 0) is 43.5 Å². The molecule has 0 amide bonds. The highest BCUT2D eigenvalue weighted by Crippen LogP contribution is 2.23. The molecule has 0 bridgehead atoms. The van der Waals surface area contributed by atoms with Crippen LogP contribution < -0.4 is 4.74 Å². The molecular weight excluding hydrogens is 284 g/mol. The van der Waals surface area contributed by atoms with E-state index < -0.39 is 5.97 Å². The fourth-order valence-electron chi connectivity index (χ4n) is 2.45. The summed E-state index contributed by atoms with van der Waals surface area (Å²) in [7, 11) is 3.21. The maximum atomic E-state index is 10.7. The second-order valence-corrected chi connectivity index (χ2v) is 4.97. The van der Waals surface area contributed by atoms with Crippen molar-refractivity contribution in [2.75, 3.05) is 20.8 Å². The number of carboxylic acids is 1. The predicted molar refractivity (Wildman–Crippen MR) is 84.7 cm³/mol. The number of aliphatic imine (C=N–C) groups is 2. The van der Waals surface area contributed by atoms with Crippen LogP contribution in [0.25, 0.3) is 0 Å². The molecular formula is C16H20N2O4. The Labute approximate surface area is 129 Å². The molecule has 118 valence electrons. The van der Waals surface area contributed by atoms with Gasteiger partial charge >= 0.3 is 5.97 Å². The van der Waals surface area contributed by atoms with Crippen molar-refractivity contribution in [3.05, 3.63) is 24.3 Å². The molecule has 0 radical (unpaired) electrons. The average Bonchev–Trinajstić information content (AvgIpc) is 2.53. The molecule has 0 aromatic heterocycles. The summed E-state index contributed by atoms with van der Waals surface area (Å²) in [6.07, 6.45) is 2.12. The highest BCUT2D eigenvalue weighted by molar-refractivity contribution is 6.13. The Morgan fingerprint density at radius 1 is 1.23 bits per heavy atom. The number of aliphatic carboxylic acids is 1. The van der Waals surface area contributed by atoms with Crippen LogP contribution in [0.2, 0.25) is 0 Å². The normalized spacial score (nSPS) is 22.0. The number of methoxy groups -OCH3 is 2. The van der Waals surface area contributed by atoms with Crippen LogP contribution in [0.5, 0.6) is 5.75 Å². The van der Waals surface area contributed by atoms with Crippen LogP contribution in [0, 0.1) is 0 Å². The number of carbonyl (C=O) groups is 1. The van der Waals surface area contributed by atoms with Crippen LogP contribution >= 0.6 is 0 Å². The molecule has 22 heavy (non-hydrogen) atoms. The molecule has 0 heterocycles. The van der Waals surface area contributed by atoms with Gasteiger partial charge in [-0.25, -0.2) is 0 Å². The number of nitrogens with zero attached hydrogens (tertiary/aromatic N) is 2. The molecule has 0 saturated heterocycles. The van der Waals surface area contributed by atoms with Crippen molar-refractivity contribution in [3.8, 4) is 5.75 Å². The fraction of sp³-hybridized carbons (Fsp3) is 0.438. The average molecular weight is 304 g/mol. The van der Waals surface area contributed by atoms with Gasteiger partial charge in [-0.1, -0.05) is 0 Å². The topological polar surface area (TPSA) is 80.5 Å². The molecule has 1 atom stereocenters. The largest absolute Gasteiger partial charge is 0.497 e. The third-order valence-electron chi connectivity index (χ3n) is 3.47. The SMILES string of the molecule is COc1ccc(N=C2CCCC(=NCC(=O)O)C2OC)cc1. The number of hydrogen-bond donors (Lipinski definition) is 1. The van der Waals surface area contributed by atoms with E-state index in [9.17, 15) is 4.79 Å². The van der Waals surface area contributed by atoms with Crippen molar-refractivity contribution in [1.82, 2.24) is 0 Å².